The van der Waals surface area contributed by atoms with Crippen molar-refractivity contribution in [2.45, 2.75) is 25.4 Å². The van der Waals surface area contributed by atoms with Gasteiger partial charge in [0.2, 0.25) is 0 Å². The van der Waals surface area contributed by atoms with Crippen molar-refractivity contribution in [3.63, 3.8) is 0 Å². The number of carbonyl (C=O) groups is 1. The van der Waals surface area contributed by atoms with Gasteiger partial charge in [-0.05, 0) is 31.0 Å². The predicted molar refractivity (Wildman–Crippen MR) is 81.7 cm³/mol. The van der Waals surface area contributed by atoms with E-state index in [-0.39, 0.29) is 17.9 Å². The minimum absolute atomic E-state index is 0.0407. The molecule has 1 aliphatic rings. The topological polar surface area (TPSA) is 71.2 Å². The van der Waals surface area contributed by atoms with Crippen molar-refractivity contribution in [3.05, 3.63) is 42.2 Å². The fourth-order valence-corrected chi connectivity index (χ4v) is 3.01. The lowest BCUT2D eigenvalue weighted by Gasteiger charge is -2.23. The van der Waals surface area contributed by atoms with Crippen molar-refractivity contribution >= 4 is 5.91 Å². The Balaban J connectivity index is 1.73. The summed E-state index contributed by atoms with van der Waals surface area (Å²) in [7, 11) is 1.79. The summed E-state index contributed by atoms with van der Waals surface area (Å²) in [6.07, 6.45) is 5.92. The fourth-order valence-electron chi connectivity index (χ4n) is 3.01. The highest BCUT2D eigenvalue weighted by molar-refractivity contribution is 5.94. The van der Waals surface area contributed by atoms with Gasteiger partial charge in [-0.3, -0.25) is 4.79 Å². The van der Waals surface area contributed by atoms with Crippen molar-refractivity contribution in [2.24, 2.45) is 5.92 Å². The summed E-state index contributed by atoms with van der Waals surface area (Å²) in [6, 6.07) is 7.32. The van der Waals surface area contributed by atoms with E-state index in [0.717, 1.165) is 24.9 Å². The van der Waals surface area contributed by atoms with Crippen LogP contribution < -0.4 is 0 Å². The third-order valence-electron chi connectivity index (χ3n) is 4.25. The molecule has 6 nitrogen and oxygen atoms in total. The second kappa shape index (κ2) is 6.27. The van der Waals surface area contributed by atoms with Gasteiger partial charge in [-0.15, -0.1) is 5.10 Å². The Bertz CT molecular complexity index is 641. The molecule has 1 aromatic carbocycles. The Morgan fingerprint density at radius 2 is 2.32 bits per heavy atom. The third-order valence-corrected chi connectivity index (χ3v) is 4.25. The van der Waals surface area contributed by atoms with Gasteiger partial charge in [0.25, 0.3) is 5.91 Å². The summed E-state index contributed by atoms with van der Waals surface area (Å²) in [5.74, 6) is 0.147. The van der Waals surface area contributed by atoms with Crippen LogP contribution in [0.5, 0.6) is 0 Å². The zero-order valence-corrected chi connectivity index (χ0v) is 12.6. The Morgan fingerprint density at radius 3 is 3.00 bits per heavy atom. The first kappa shape index (κ1) is 14.7. The molecule has 0 aliphatic heterocycles. The number of benzene rings is 1. The van der Waals surface area contributed by atoms with E-state index in [1.165, 1.54) is 0 Å². The quantitative estimate of drug-likeness (QED) is 0.929. The lowest BCUT2D eigenvalue weighted by molar-refractivity contribution is 0.0693. The SMILES string of the molecule is CN(CC1CCCC1O)C(=O)c1cccc(-n2ccnn2)c1. The average Bonchev–Trinajstić information content (AvgIpc) is 3.19. The Hall–Kier alpha value is -2.21. The van der Waals surface area contributed by atoms with Gasteiger partial charge < -0.3 is 10.0 Å². The second-order valence-electron chi connectivity index (χ2n) is 5.84. The number of carbonyl (C=O) groups excluding carboxylic acids is 1. The number of hydrogen-bond donors (Lipinski definition) is 1. The zero-order chi connectivity index (χ0) is 15.5. The lowest BCUT2D eigenvalue weighted by atomic mass is 10.1. The summed E-state index contributed by atoms with van der Waals surface area (Å²) >= 11 is 0. The molecular formula is C16H20N4O2. The standard InChI is InChI=1S/C16H20N4O2/c1-19(11-13-5-3-7-15(13)21)16(22)12-4-2-6-14(10-12)20-9-8-17-18-20/h2,4,6,8-10,13,15,21H,3,5,7,11H2,1H3. The summed E-state index contributed by atoms with van der Waals surface area (Å²) in [4.78, 5) is 14.3. The van der Waals surface area contributed by atoms with Gasteiger partial charge in [0, 0.05) is 25.1 Å². The Labute approximate surface area is 129 Å². The maximum Gasteiger partial charge on any atom is 0.253 e. The van der Waals surface area contributed by atoms with Crippen molar-refractivity contribution < 1.29 is 9.90 Å². The van der Waals surface area contributed by atoms with Gasteiger partial charge >= 0.3 is 0 Å². The van der Waals surface area contributed by atoms with Gasteiger partial charge in [0.05, 0.1) is 24.2 Å². The average molecular weight is 300 g/mol. The van der Waals surface area contributed by atoms with E-state index in [1.807, 2.05) is 12.1 Å². The molecule has 1 N–H and O–H groups in total. The van der Waals surface area contributed by atoms with Gasteiger partial charge in [-0.1, -0.05) is 17.7 Å². The van der Waals surface area contributed by atoms with Gasteiger partial charge in [-0.25, -0.2) is 4.68 Å². The molecule has 1 heterocycles. The first-order chi connectivity index (χ1) is 10.6. The fraction of sp³-hybridized carbons (Fsp3) is 0.438. The van der Waals surface area contributed by atoms with Crippen LogP contribution in [0.4, 0.5) is 0 Å². The molecule has 1 aromatic heterocycles. The molecule has 1 saturated carbocycles. The highest BCUT2D eigenvalue weighted by Crippen LogP contribution is 2.26. The number of hydrogen-bond acceptors (Lipinski definition) is 4. The van der Waals surface area contributed by atoms with Gasteiger partial charge in [0.1, 0.15) is 0 Å². The number of aliphatic hydroxyl groups excluding tert-OH is 1. The van der Waals surface area contributed by atoms with E-state index in [1.54, 1.807) is 41.2 Å². The molecule has 1 fully saturated rings. The number of amides is 1. The second-order valence-corrected chi connectivity index (χ2v) is 5.84. The van der Waals surface area contributed by atoms with Crippen molar-refractivity contribution in [1.82, 2.24) is 19.9 Å². The van der Waals surface area contributed by atoms with Crippen LogP contribution in [-0.4, -0.2) is 50.6 Å². The van der Waals surface area contributed by atoms with Crippen LogP contribution in [0.3, 0.4) is 0 Å². The first-order valence-corrected chi connectivity index (χ1v) is 7.55. The molecule has 3 rings (SSSR count). The summed E-state index contributed by atoms with van der Waals surface area (Å²) in [5.41, 5.74) is 1.42. The van der Waals surface area contributed by atoms with Gasteiger partial charge in [0.15, 0.2) is 0 Å². The smallest absolute Gasteiger partial charge is 0.253 e. The molecule has 0 radical (unpaired) electrons. The van der Waals surface area contributed by atoms with Crippen molar-refractivity contribution in [3.8, 4) is 5.69 Å². The van der Waals surface area contributed by atoms with Crippen molar-refractivity contribution in [2.75, 3.05) is 13.6 Å². The molecule has 0 spiro atoms. The lowest BCUT2D eigenvalue weighted by Crippen LogP contribution is -2.34. The minimum Gasteiger partial charge on any atom is -0.393 e. The zero-order valence-electron chi connectivity index (χ0n) is 12.6. The molecule has 0 saturated heterocycles. The Kier molecular flexibility index (Phi) is 4.20. The summed E-state index contributed by atoms with van der Waals surface area (Å²) in [5, 5.41) is 17.6. The van der Waals surface area contributed by atoms with Crippen molar-refractivity contribution in [1.29, 1.82) is 0 Å². The highest BCUT2D eigenvalue weighted by atomic mass is 16.3. The molecule has 2 atom stereocenters. The predicted octanol–water partition coefficient (Wildman–Crippen LogP) is 1.50. The number of nitrogens with zero attached hydrogens (tertiary/aromatic N) is 4. The van der Waals surface area contributed by atoms with Crippen LogP contribution >= 0.6 is 0 Å². The number of rotatable bonds is 4. The van der Waals surface area contributed by atoms with Crippen LogP contribution in [0.15, 0.2) is 36.7 Å². The first-order valence-electron chi connectivity index (χ1n) is 7.55. The molecular weight excluding hydrogens is 280 g/mol. The normalized spacial score (nSPS) is 21.0. The van der Waals surface area contributed by atoms with E-state index in [9.17, 15) is 9.90 Å². The van der Waals surface area contributed by atoms with E-state index in [0.29, 0.717) is 12.1 Å². The highest BCUT2D eigenvalue weighted by Gasteiger charge is 2.27. The Morgan fingerprint density at radius 1 is 1.45 bits per heavy atom. The van der Waals surface area contributed by atoms with Crippen LogP contribution in [-0.2, 0) is 0 Å². The minimum atomic E-state index is -0.281. The monoisotopic (exact) mass is 300 g/mol. The molecule has 116 valence electrons. The van der Waals surface area contributed by atoms with Crippen LogP contribution in [0.2, 0.25) is 0 Å². The maximum absolute atomic E-state index is 12.6. The molecule has 1 amide bonds. The van der Waals surface area contributed by atoms with Crippen LogP contribution in [0, 0.1) is 5.92 Å². The molecule has 2 aromatic rings. The van der Waals surface area contributed by atoms with E-state index >= 15 is 0 Å². The number of aliphatic hydroxyl groups is 1. The van der Waals surface area contributed by atoms with Gasteiger partial charge in [-0.2, -0.15) is 0 Å². The summed E-state index contributed by atoms with van der Waals surface area (Å²) in [6.45, 7) is 0.591. The van der Waals surface area contributed by atoms with E-state index in [2.05, 4.69) is 10.3 Å². The molecule has 22 heavy (non-hydrogen) atoms. The maximum atomic E-state index is 12.6. The van der Waals surface area contributed by atoms with Crippen LogP contribution in [0.1, 0.15) is 29.6 Å². The third kappa shape index (κ3) is 3.01. The molecule has 0 bridgehead atoms. The van der Waals surface area contributed by atoms with E-state index in [4.69, 9.17) is 0 Å². The van der Waals surface area contributed by atoms with E-state index < -0.39 is 0 Å². The summed E-state index contributed by atoms with van der Waals surface area (Å²) < 4.78 is 1.62. The molecule has 2 unspecified atom stereocenters. The number of aromatic nitrogens is 3. The molecule has 6 heteroatoms. The van der Waals surface area contributed by atoms with Crippen LogP contribution in [0.25, 0.3) is 5.69 Å². The largest absolute Gasteiger partial charge is 0.393 e. The molecule has 1 aliphatic carbocycles.